The number of methoxy groups -OCH3 is 2. The van der Waals surface area contributed by atoms with Gasteiger partial charge in [-0.1, -0.05) is 0 Å². The molecular weight excluding hydrogens is 364 g/mol. The van der Waals surface area contributed by atoms with Gasteiger partial charge < -0.3 is 24.1 Å². The Labute approximate surface area is 161 Å². The Bertz CT molecular complexity index is 1010. The second-order valence-corrected chi connectivity index (χ2v) is 5.75. The second kappa shape index (κ2) is 8.43. The smallest absolute Gasteiger partial charge is 0.309 e. The number of rotatable bonds is 8. The molecule has 0 bridgehead atoms. The summed E-state index contributed by atoms with van der Waals surface area (Å²) in [5.74, 6) is 1.47. The quantitative estimate of drug-likeness (QED) is 0.630. The topological polar surface area (TPSA) is 100 Å². The lowest BCUT2D eigenvalue weighted by Crippen LogP contribution is -2.05. The molecule has 0 spiro atoms. The van der Waals surface area contributed by atoms with Crippen molar-refractivity contribution in [2.45, 2.75) is 13.3 Å². The van der Waals surface area contributed by atoms with Gasteiger partial charge in [0.25, 0.3) is 0 Å². The number of carboxylic acid groups (broad SMARTS) is 1. The molecule has 0 amide bonds. The maximum Gasteiger partial charge on any atom is 0.309 e. The number of aliphatic carboxylic acids is 1. The SMILES string of the molecule is CCOc1cc2nccc(Oc3cnc(CC(=O)O)c(OC)c3)c2cc1OC. The maximum atomic E-state index is 10.9. The van der Waals surface area contributed by atoms with Crippen molar-refractivity contribution < 1.29 is 28.8 Å². The summed E-state index contributed by atoms with van der Waals surface area (Å²) in [6.07, 6.45) is 2.85. The van der Waals surface area contributed by atoms with Crippen molar-refractivity contribution >= 4 is 16.9 Å². The Morgan fingerprint density at radius 3 is 2.50 bits per heavy atom. The molecule has 8 heteroatoms. The van der Waals surface area contributed by atoms with Crippen molar-refractivity contribution in [1.29, 1.82) is 0 Å². The van der Waals surface area contributed by atoms with E-state index in [1.54, 1.807) is 37.6 Å². The van der Waals surface area contributed by atoms with E-state index >= 15 is 0 Å². The molecule has 2 heterocycles. The van der Waals surface area contributed by atoms with Crippen molar-refractivity contribution in [2.24, 2.45) is 0 Å². The summed E-state index contributed by atoms with van der Waals surface area (Å²) in [6, 6.07) is 6.91. The molecule has 0 unspecified atom stereocenters. The van der Waals surface area contributed by atoms with Crippen LogP contribution in [0.3, 0.4) is 0 Å². The molecule has 0 saturated heterocycles. The van der Waals surface area contributed by atoms with Crippen LogP contribution in [-0.4, -0.2) is 41.9 Å². The summed E-state index contributed by atoms with van der Waals surface area (Å²) >= 11 is 0. The minimum atomic E-state index is -0.989. The van der Waals surface area contributed by atoms with Gasteiger partial charge in [0.2, 0.25) is 0 Å². The summed E-state index contributed by atoms with van der Waals surface area (Å²) < 4.78 is 22.2. The molecule has 8 nitrogen and oxygen atoms in total. The van der Waals surface area contributed by atoms with Crippen LogP contribution in [0.15, 0.2) is 36.7 Å². The van der Waals surface area contributed by atoms with Gasteiger partial charge in [-0.05, 0) is 19.1 Å². The Hall–Kier alpha value is -3.55. The van der Waals surface area contributed by atoms with E-state index in [4.69, 9.17) is 24.1 Å². The molecule has 0 aliphatic rings. The summed E-state index contributed by atoms with van der Waals surface area (Å²) in [5.41, 5.74) is 1.01. The average Bonchev–Trinajstić information content (AvgIpc) is 2.68. The van der Waals surface area contributed by atoms with Gasteiger partial charge in [-0.2, -0.15) is 0 Å². The predicted molar refractivity (Wildman–Crippen MR) is 102 cm³/mol. The summed E-state index contributed by atoms with van der Waals surface area (Å²) in [4.78, 5) is 19.4. The number of aromatic nitrogens is 2. The number of benzene rings is 1. The number of carbonyl (C=O) groups is 1. The summed E-state index contributed by atoms with van der Waals surface area (Å²) in [6.45, 7) is 2.40. The minimum Gasteiger partial charge on any atom is -0.495 e. The van der Waals surface area contributed by atoms with Crippen LogP contribution in [0.5, 0.6) is 28.7 Å². The van der Waals surface area contributed by atoms with Crippen LogP contribution < -0.4 is 18.9 Å². The third-order valence-electron chi connectivity index (χ3n) is 3.96. The zero-order chi connectivity index (χ0) is 20.1. The minimum absolute atomic E-state index is 0.237. The maximum absolute atomic E-state index is 10.9. The van der Waals surface area contributed by atoms with Gasteiger partial charge in [-0.3, -0.25) is 14.8 Å². The first-order chi connectivity index (χ1) is 13.5. The number of ether oxygens (including phenoxy) is 4. The number of carboxylic acids is 1. The molecule has 3 rings (SSSR count). The van der Waals surface area contributed by atoms with E-state index in [9.17, 15) is 4.79 Å². The van der Waals surface area contributed by atoms with Gasteiger partial charge in [0.1, 0.15) is 17.2 Å². The first kappa shape index (κ1) is 19.2. The van der Waals surface area contributed by atoms with Crippen molar-refractivity contribution in [3.63, 3.8) is 0 Å². The van der Waals surface area contributed by atoms with Crippen LogP contribution in [0.2, 0.25) is 0 Å². The zero-order valence-electron chi connectivity index (χ0n) is 15.8. The van der Waals surface area contributed by atoms with Gasteiger partial charge in [0.05, 0.1) is 44.7 Å². The largest absolute Gasteiger partial charge is 0.495 e. The number of hydrogen-bond donors (Lipinski definition) is 1. The van der Waals surface area contributed by atoms with Gasteiger partial charge in [0, 0.05) is 23.7 Å². The van der Waals surface area contributed by atoms with E-state index in [-0.39, 0.29) is 6.42 Å². The lowest BCUT2D eigenvalue weighted by Gasteiger charge is -2.14. The van der Waals surface area contributed by atoms with Crippen LogP contribution >= 0.6 is 0 Å². The average molecular weight is 384 g/mol. The molecule has 0 aliphatic carbocycles. The van der Waals surface area contributed by atoms with E-state index in [0.717, 1.165) is 5.39 Å². The molecule has 28 heavy (non-hydrogen) atoms. The fourth-order valence-corrected chi connectivity index (χ4v) is 2.74. The lowest BCUT2D eigenvalue weighted by molar-refractivity contribution is -0.136. The molecule has 0 radical (unpaired) electrons. The van der Waals surface area contributed by atoms with Crippen LogP contribution in [0.4, 0.5) is 0 Å². The Morgan fingerprint density at radius 2 is 1.82 bits per heavy atom. The van der Waals surface area contributed by atoms with Crippen molar-refractivity contribution in [2.75, 3.05) is 20.8 Å². The van der Waals surface area contributed by atoms with E-state index in [1.807, 2.05) is 6.92 Å². The van der Waals surface area contributed by atoms with Crippen LogP contribution in [0.25, 0.3) is 10.9 Å². The molecular formula is C20H20N2O6. The first-order valence-electron chi connectivity index (χ1n) is 8.57. The molecule has 1 N–H and O–H groups in total. The summed E-state index contributed by atoms with van der Waals surface area (Å²) in [5, 5.41) is 9.70. The molecule has 0 atom stereocenters. The highest BCUT2D eigenvalue weighted by molar-refractivity contribution is 5.88. The van der Waals surface area contributed by atoms with Crippen LogP contribution in [0.1, 0.15) is 12.6 Å². The van der Waals surface area contributed by atoms with Crippen LogP contribution in [-0.2, 0) is 11.2 Å². The fraction of sp³-hybridized carbons (Fsp3) is 0.250. The first-order valence-corrected chi connectivity index (χ1v) is 8.57. The van der Waals surface area contributed by atoms with Crippen molar-refractivity contribution in [3.8, 4) is 28.7 Å². The Kier molecular flexibility index (Phi) is 5.78. The normalized spacial score (nSPS) is 10.5. The highest BCUT2D eigenvalue weighted by Crippen LogP contribution is 2.37. The number of pyridine rings is 2. The highest BCUT2D eigenvalue weighted by Gasteiger charge is 2.14. The zero-order valence-corrected chi connectivity index (χ0v) is 15.8. The van der Waals surface area contributed by atoms with E-state index < -0.39 is 5.97 Å². The lowest BCUT2D eigenvalue weighted by atomic mass is 10.2. The molecule has 1 aromatic carbocycles. The van der Waals surface area contributed by atoms with E-state index in [0.29, 0.717) is 46.6 Å². The standard InChI is InChI=1S/C20H20N2O6/c1-4-27-19-9-14-13(8-18(19)26-3)16(5-6-21-14)28-12-7-17(25-2)15(22-11-12)10-20(23)24/h5-9,11H,4,10H2,1-3H3,(H,23,24). The third-order valence-corrected chi connectivity index (χ3v) is 3.96. The van der Waals surface area contributed by atoms with Gasteiger partial charge in [-0.15, -0.1) is 0 Å². The Morgan fingerprint density at radius 1 is 1.04 bits per heavy atom. The molecule has 0 saturated carbocycles. The molecule has 3 aromatic rings. The van der Waals surface area contributed by atoms with Crippen molar-refractivity contribution in [1.82, 2.24) is 9.97 Å². The Balaban J connectivity index is 1.99. The van der Waals surface area contributed by atoms with Gasteiger partial charge >= 0.3 is 5.97 Å². The van der Waals surface area contributed by atoms with Gasteiger partial charge in [-0.25, -0.2) is 0 Å². The monoisotopic (exact) mass is 384 g/mol. The number of fused-ring (bicyclic) bond motifs is 1. The van der Waals surface area contributed by atoms with Crippen LogP contribution in [0, 0.1) is 0 Å². The third kappa shape index (κ3) is 4.06. The molecule has 2 aromatic heterocycles. The fourth-order valence-electron chi connectivity index (χ4n) is 2.74. The summed E-state index contributed by atoms with van der Waals surface area (Å²) in [7, 11) is 3.02. The predicted octanol–water partition coefficient (Wildman–Crippen LogP) is 3.47. The molecule has 0 aliphatic heterocycles. The highest BCUT2D eigenvalue weighted by atomic mass is 16.5. The molecule has 146 valence electrons. The number of hydrogen-bond acceptors (Lipinski definition) is 7. The van der Waals surface area contributed by atoms with E-state index in [2.05, 4.69) is 9.97 Å². The van der Waals surface area contributed by atoms with Crippen molar-refractivity contribution in [3.05, 3.63) is 42.4 Å². The van der Waals surface area contributed by atoms with Gasteiger partial charge in [0.15, 0.2) is 11.5 Å². The second-order valence-electron chi connectivity index (χ2n) is 5.75. The number of nitrogens with zero attached hydrogens (tertiary/aromatic N) is 2. The molecule has 0 fully saturated rings. The van der Waals surface area contributed by atoms with E-state index in [1.165, 1.54) is 13.3 Å².